The molecule has 0 atom stereocenters. The van der Waals surface area contributed by atoms with Gasteiger partial charge >= 0.3 is 0 Å². The summed E-state index contributed by atoms with van der Waals surface area (Å²) in [5, 5.41) is 9.05. The van der Waals surface area contributed by atoms with Crippen molar-refractivity contribution in [1.29, 1.82) is 0 Å². The third kappa shape index (κ3) is 3.15. The Labute approximate surface area is 108 Å². The molecule has 2 N–H and O–H groups in total. The molecule has 0 spiro atoms. The van der Waals surface area contributed by atoms with Gasteiger partial charge in [-0.2, -0.15) is 5.10 Å². The van der Waals surface area contributed by atoms with E-state index in [1.165, 1.54) is 0 Å². The maximum absolute atomic E-state index is 13.4. The Bertz CT molecular complexity index is 595. The van der Waals surface area contributed by atoms with Crippen LogP contribution in [0.1, 0.15) is 29.4 Å². The van der Waals surface area contributed by atoms with E-state index in [2.05, 4.69) is 15.5 Å². The second-order valence-corrected chi connectivity index (χ2v) is 4.11. The zero-order chi connectivity index (χ0) is 13.8. The van der Waals surface area contributed by atoms with Crippen LogP contribution in [0.3, 0.4) is 0 Å². The maximum atomic E-state index is 13.4. The molecule has 0 radical (unpaired) electrons. The van der Waals surface area contributed by atoms with Crippen molar-refractivity contribution in [3.8, 4) is 0 Å². The molecule has 0 unspecified atom stereocenters. The van der Waals surface area contributed by atoms with Crippen LogP contribution in [-0.4, -0.2) is 16.1 Å². The predicted molar refractivity (Wildman–Crippen MR) is 66.9 cm³/mol. The van der Waals surface area contributed by atoms with E-state index < -0.39 is 17.5 Å². The average molecular weight is 265 g/mol. The summed E-state index contributed by atoms with van der Waals surface area (Å²) < 4.78 is 26.4. The Hall–Kier alpha value is -2.24. The van der Waals surface area contributed by atoms with Gasteiger partial charge in [-0.05, 0) is 24.6 Å². The first kappa shape index (κ1) is 13.2. The van der Waals surface area contributed by atoms with Gasteiger partial charge in [0.25, 0.3) is 5.91 Å². The van der Waals surface area contributed by atoms with Crippen LogP contribution in [-0.2, 0) is 6.42 Å². The molecule has 0 aliphatic rings. The van der Waals surface area contributed by atoms with Crippen molar-refractivity contribution >= 4 is 11.7 Å². The summed E-state index contributed by atoms with van der Waals surface area (Å²) in [7, 11) is 0. The minimum absolute atomic E-state index is 0.289. The van der Waals surface area contributed by atoms with Crippen molar-refractivity contribution in [2.24, 2.45) is 0 Å². The van der Waals surface area contributed by atoms with Gasteiger partial charge in [-0.25, -0.2) is 8.78 Å². The topological polar surface area (TPSA) is 57.8 Å². The van der Waals surface area contributed by atoms with E-state index in [0.717, 1.165) is 36.7 Å². The van der Waals surface area contributed by atoms with Crippen LogP contribution in [0.5, 0.6) is 0 Å². The molecule has 4 nitrogen and oxygen atoms in total. The summed E-state index contributed by atoms with van der Waals surface area (Å²) in [5.74, 6) is -1.88. The van der Waals surface area contributed by atoms with Gasteiger partial charge in [-0.3, -0.25) is 9.89 Å². The number of nitrogens with zero attached hydrogens (tertiary/aromatic N) is 1. The lowest BCUT2D eigenvalue weighted by Gasteiger charge is -2.03. The number of benzene rings is 1. The van der Waals surface area contributed by atoms with E-state index in [-0.39, 0.29) is 11.4 Å². The number of carbonyl (C=O) groups is 1. The molecule has 1 aromatic carbocycles. The number of carbonyl (C=O) groups excluding carboxylic acids is 1. The normalized spacial score (nSPS) is 10.5. The fraction of sp³-hybridized carbons (Fsp3) is 0.231. The van der Waals surface area contributed by atoms with Crippen LogP contribution in [0.25, 0.3) is 0 Å². The molecule has 1 aromatic heterocycles. The number of hydrogen-bond donors (Lipinski definition) is 2. The van der Waals surface area contributed by atoms with Crippen LogP contribution in [0.4, 0.5) is 14.6 Å². The van der Waals surface area contributed by atoms with Gasteiger partial charge in [0.15, 0.2) is 5.82 Å². The van der Waals surface area contributed by atoms with Gasteiger partial charge in [-0.1, -0.05) is 13.3 Å². The highest BCUT2D eigenvalue weighted by Gasteiger charge is 2.14. The van der Waals surface area contributed by atoms with Crippen LogP contribution in [0, 0.1) is 11.6 Å². The first-order valence-corrected chi connectivity index (χ1v) is 5.91. The summed E-state index contributed by atoms with van der Waals surface area (Å²) in [6.45, 7) is 2.02. The highest BCUT2D eigenvalue weighted by Crippen LogP contribution is 2.13. The van der Waals surface area contributed by atoms with Crippen molar-refractivity contribution in [3.05, 3.63) is 47.2 Å². The van der Waals surface area contributed by atoms with Crippen LogP contribution >= 0.6 is 0 Å². The van der Waals surface area contributed by atoms with Gasteiger partial charge in [0.05, 0.1) is 5.56 Å². The van der Waals surface area contributed by atoms with Crippen molar-refractivity contribution in [2.45, 2.75) is 19.8 Å². The third-order valence-electron chi connectivity index (χ3n) is 2.56. The fourth-order valence-electron chi connectivity index (χ4n) is 1.68. The van der Waals surface area contributed by atoms with Gasteiger partial charge in [0.1, 0.15) is 11.6 Å². The number of aryl methyl sites for hydroxylation is 1. The predicted octanol–water partition coefficient (Wildman–Crippen LogP) is 2.89. The summed E-state index contributed by atoms with van der Waals surface area (Å²) in [6, 6.07) is 4.39. The minimum Gasteiger partial charge on any atom is -0.305 e. The molecule has 0 aliphatic carbocycles. The van der Waals surface area contributed by atoms with Crippen molar-refractivity contribution in [3.63, 3.8) is 0 Å². The Kier molecular flexibility index (Phi) is 3.89. The second kappa shape index (κ2) is 5.60. The fourth-order valence-corrected chi connectivity index (χ4v) is 1.68. The Morgan fingerprint density at radius 3 is 2.89 bits per heavy atom. The van der Waals surface area contributed by atoms with E-state index in [1.54, 1.807) is 6.07 Å². The van der Waals surface area contributed by atoms with E-state index in [0.29, 0.717) is 0 Å². The molecule has 1 amide bonds. The zero-order valence-electron chi connectivity index (χ0n) is 10.3. The second-order valence-electron chi connectivity index (χ2n) is 4.11. The van der Waals surface area contributed by atoms with Crippen molar-refractivity contribution < 1.29 is 13.6 Å². The number of aromatic amines is 1. The number of halogens is 2. The molecule has 0 saturated heterocycles. The van der Waals surface area contributed by atoms with Crippen molar-refractivity contribution in [2.75, 3.05) is 5.32 Å². The molecule has 0 saturated carbocycles. The quantitative estimate of drug-likeness (QED) is 0.893. The number of amides is 1. The van der Waals surface area contributed by atoms with Crippen LogP contribution < -0.4 is 5.32 Å². The Morgan fingerprint density at radius 1 is 1.37 bits per heavy atom. The number of aromatic nitrogens is 2. The molecule has 2 rings (SSSR count). The minimum atomic E-state index is -0.775. The molecule has 6 heteroatoms. The molecule has 0 bridgehead atoms. The first-order valence-electron chi connectivity index (χ1n) is 5.91. The SMILES string of the molecule is CCCc1cc(NC(=O)c2cc(F)ccc2F)n[nH]1. The Morgan fingerprint density at radius 2 is 2.16 bits per heavy atom. The molecule has 1 heterocycles. The molecular formula is C13H13F2N3O. The lowest BCUT2D eigenvalue weighted by atomic mass is 10.2. The molecular weight excluding hydrogens is 252 g/mol. The molecule has 0 aliphatic heterocycles. The van der Waals surface area contributed by atoms with Gasteiger partial charge in [0, 0.05) is 11.8 Å². The number of rotatable bonds is 4. The smallest absolute Gasteiger partial charge is 0.259 e. The summed E-state index contributed by atoms with van der Waals surface area (Å²) >= 11 is 0. The number of H-pyrrole nitrogens is 1. The summed E-state index contributed by atoms with van der Waals surface area (Å²) in [5.41, 5.74) is 0.526. The third-order valence-corrected chi connectivity index (χ3v) is 2.56. The largest absolute Gasteiger partial charge is 0.305 e. The average Bonchev–Trinajstić information content (AvgIpc) is 2.80. The van der Waals surface area contributed by atoms with E-state index in [1.807, 2.05) is 6.92 Å². The van der Waals surface area contributed by atoms with E-state index in [9.17, 15) is 13.6 Å². The zero-order valence-corrected chi connectivity index (χ0v) is 10.3. The number of hydrogen-bond acceptors (Lipinski definition) is 2. The molecule has 2 aromatic rings. The highest BCUT2D eigenvalue weighted by atomic mass is 19.1. The summed E-state index contributed by atoms with van der Waals surface area (Å²) in [4.78, 5) is 11.8. The summed E-state index contributed by atoms with van der Waals surface area (Å²) in [6.07, 6.45) is 1.74. The van der Waals surface area contributed by atoms with Gasteiger partial charge in [-0.15, -0.1) is 0 Å². The molecule has 19 heavy (non-hydrogen) atoms. The van der Waals surface area contributed by atoms with Crippen LogP contribution in [0.2, 0.25) is 0 Å². The van der Waals surface area contributed by atoms with E-state index in [4.69, 9.17) is 0 Å². The van der Waals surface area contributed by atoms with Gasteiger partial charge in [0.2, 0.25) is 0 Å². The first-order chi connectivity index (χ1) is 9.10. The van der Waals surface area contributed by atoms with E-state index >= 15 is 0 Å². The Balaban J connectivity index is 2.13. The highest BCUT2D eigenvalue weighted by molar-refractivity contribution is 6.03. The monoisotopic (exact) mass is 265 g/mol. The van der Waals surface area contributed by atoms with Crippen LogP contribution in [0.15, 0.2) is 24.3 Å². The standard InChI is InChI=1S/C13H13F2N3O/c1-2-3-9-7-12(18-17-9)16-13(19)10-6-8(14)4-5-11(10)15/h4-7H,2-3H2,1H3,(H2,16,17,18,19). The maximum Gasteiger partial charge on any atom is 0.259 e. The number of anilines is 1. The lowest BCUT2D eigenvalue weighted by Crippen LogP contribution is -2.14. The lowest BCUT2D eigenvalue weighted by molar-refractivity contribution is 0.102. The molecule has 0 fully saturated rings. The van der Waals surface area contributed by atoms with Gasteiger partial charge < -0.3 is 5.32 Å². The molecule has 100 valence electrons. The van der Waals surface area contributed by atoms with Crippen molar-refractivity contribution in [1.82, 2.24) is 10.2 Å². The number of nitrogens with one attached hydrogen (secondary N) is 2.